The molecule has 0 bridgehead atoms. The number of hydrogen-bond acceptors (Lipinski definition) is 4. The van der Waals surface area contributed by atoms with Crippen LogP contribution in [0.15, 0.2) is 24.3 Å². The molecule has 1 atom stereocenters. The summed E-state index contributed by atoms with van der Waals surface area (Å²) < 4.78 is 22.8. The number of carbonyl (C=O) groups excluding carboxylic acids is 2. The molecule has 0 saturated carbocycles. The lowest BCUT2D eigenvalue weighted by molar-refractivity contribution is -0.124. The molecule has 126 valence electrons. The molecule has 1 unspecified atom stereocenters. The Bertz CT molecular complexity index is 681. The third-order valence-corrected chi connectivity index (χ3v) is 5.58. The fourth-order valence-electron chi connectivity index (χ4n) is 2.33. The molecular formula is C16H22N2O4S. The highest BCUT2D eigenvalue weighted by Gasteiger charge is 2.32. The molecule has 1 aliphatic heterocycles. The molecule has 2 rings (SSSR count). The fraction of sp³-hybridized carbons (Fsp3) is 0.500. The van der Waals surface area contributed by atoms with E-state index in [4.69, 9.17) is 0 Å². The largest absolute Gasteiger partial charge is 0.352 e. The number of nitrogens with one attached hydrogen (secondary N) is 2. The van der Waals surface area contributed by atoms with Crippen LogP contribution in [0.5, 0.6) is 0 Å². The molecule has 0 aliphatic carbocycles. The van der Waals surface area contributed by atoms with Gasteiger partial charge in [0.05, 0.1) is 17.4 Å². The Labute approximate surface area is 136 Å². The normalized spacial score (nSPS) is 19.5. The number of benzene rings is 1. The summed E-state index contributed by atoms with van der Waals surface area (Å²) >= 11 is 0. The van der Waals surface area contributed by atoms with Gasteiger partial charge in [0.25, 0.3) is 0 Å². The highest BCUT2D eigenvalue weighted by molar-refractivity contribution is 7.91. The molecule has 0 spiro atoms. The zero-order valence-corrected chi connectivity index (χ0v) is 14.2. The van der Waals surface area contributed by atoms with E-state index in [1.54, 1.807) is 12.1 Å². The Kier molecular flexibility index (Phi) is 5.41. The first-order chi connectivity index (χ1) is 10.8. The van der Waals surface area contributed by atoms with Gasteiger partial charge in [0.15, 0.2) is 9.84 Å². The summed E-state index contributed by atoms with van der Waals surface area (Å²) in [6.07, 6.45) is 0.397. The van der Waals surface area contributed by atoms with Gasteiger partial charge in [0.1, 0.15) is 0 Å². The van der Waals surface area contributed by atoms with Gasteiger partial charge in [0, 0.05) is 18.2 Å². The van der Waals surface area contributed by atoms with Crippen molar-refractivity contribution >= 4 is 27.3 Å². The van der Waals surface area contributed by atoms with Gasteiger partial charge in [-0.2, -0.15) is 0 Å². The Hall–Kier alpha value is -1.89. The smallest absolute Gasteiger partial charge is 0.226 e. The number of anilines is 1. The van der Waals surface area contributed by atoms with E-state index in [0.717, 1.165) is 5.56 Å². The van der Waals surface area contributed by atoms with Gasteiger partial charge in [-0.15, -0.1) is 0 Å². The monoisotopic (exact) mass is 338 g/mol. The number of carbonyl (C=O) groups is 2. The summed E-state index contributed by atoms with van der Waals surface area (Å²) in [5, 5.41) is 5.56. The van der Waals surface area contributed by atoms with E-state index in [0.29, 0.717) is 18.7 Å². The van der Waals surface area contributed by atoms with E-state index in [1.165, 1.54) is 0 Å². The maximum absolute atomic E-state index is 12.0. The Morgan fingerprint density at radius 1 is 1.22 bits per heavy atom. The van der Waals surface area contributed by atoms with Gasteiger partial charge < -0.3 is 10.6 Å². The molecule has 1 aromatic rings. The fourth-order valence-corrected chi connectivity index (χ4v) is 4.07. The SMILES string of the molecule is CC(C)C(=O)Nc1ccc(CNC(=O)C2CCS(=O)(=O)C2)cc1. The van der Waals surface area contributed by atoms with Gasteiger partial charge in [0.2, 0.25) is 11.8 Å². The number of sulfone groups is 1. The summed E-state index contributed by atoms with van der Waals surface area (Å²) in [4.78, 5) is 23.6. The lowest BCUT2D eigenvalue weighted by Crippen LogP contribution is -2.30. The summed E-state index contributed by atoms with van der Waals surface area (Å²) in [6, 6.07) is 7.20. The molecule has 1 aliphatic rings. The van der Waals surface area contributed by atoms with Crippen molar-refractivity contribution in [3.8, 4) is 0 Å². The zero-order valence-electron chi connectivity index (χ0n) is 13.3. The quantitative estimate of drug-likeness (QED) is 0.847. The van der Waals surface area contributed by atoms with Crippen molar-refractivity contribution in [2.45, 2.75) is 26.8 Å². The Balaban J connectivity index is 1.84. The maximum Gasteiger partial charge on any atom is 0.226 e. The van der Waals surface area contributed by atoms with Crippen LogP contribution in [0, 0.1) is 11.8 Å². The third kappa shape index (κ3) is 5.06. The van der Waals surface area contributed by atoms with Crippen molar-refractivity contribution in [2.24, 2.45) is 11.8 Å². The van der Waals surface area contributed by atoms with Crippen molar-refractivity contribution in [1.82, 2.24) is 5.32 Å². The minimum atomic E-state index is -3.05. The van der Waals surface area contributed by atoms with Crippen molar-refractivity contribution in [3.63, 3.8) is 0 Å². The lowest BCUT2D eigenvalue weighted by atomic mass is 10.1. The van der Waals surface area contributed by atoms with Crippen molar-refractivity contribution < 1.29 is 18.0 Å². The zero-order chi connectivity index (χ0) is 17.0. The Morgan fingerprint density at radius 2 is 1.87 bits per heavy atom. The molecular weight excluding hydrogens is 316 g/mol. The first-order valence-electron chi connectivity index (χ1n) is 7.65. The maximum atomic E-state index is 12.0. The predicted molar refractivity (Wildman–Crippen MR) is 88.5 cm³/mol. The second kappa shape index (κ2) is 7.12. The average molecular weight is 338 g/mol. The third-order valence-electron chi connectivity index (χ3n) is 3.82. The average Bonchev–Trinajstić information content (AvgIpc) is 2.86. The molecule has 2 amide bonds. The second-order valence-electron chi connectivity index (χ2n) is 6.16. The van der Waals surface area contributed by atoms with Crippen LogP contribution in [0.4, 0.5) is 5.69 Å². The molecule has 7 heteroatoms. The molecule has 6 nitrogen and oxygen atoms in total. The van der Waals surface area contributed by atoms with Crippen molar-refractivity contribution in [1.29, 1.82) is 0 Å². The Morgan fingerprint density at radius 3 is 2.39 bits per heavy atom. The van der Waals surface area contributed by atoms with E-state index in [-0.39, 0.29) is 29.2 Å². The summed E-state index contributed by atoms with van der Waals surface area (Å²) in [5.41, 5.74) is 1.60. The van der Waals surface area contributed by atoms with E-state index in [2.05, 4.69) is 10.6 Å². The summed E-state index contributed by atoms with van der Waals surface area (Å²) in [7, 11) is -3.05. The van der Waals surface area contributed by atoms with Crippen molar-refractivity contribution in [3.05, 3.63) is 29.8 Å². The van der Waals surface area contributed by atoms with Crippen LogP contribution in [-0.4, -0.2) is 31.7 Å². The molecule has 23 heavy (non-hydrogen) atoms. The van der Waals surface area contributed by atoms with Gasteiger partial charge in [-0.3, -0.25) is 9.59 Å². The first-order valence-corrected chi connectivity index (χ1v) is 9.47. The standard InChI is InChI=1S/C16H22N2O4S/c1-11(2)15(19)18-14-5-3-12(4-6-14)9-17-16(20)13-7-8-23(21,22)10-13/h3-6,11,13H,7-10H2,1-2H3,(H,17,20)(H,18,19). The lowest BCUT2D eigenvalue weighted by Gasteiger charge is -2.11. The van der Waals surface area contributed by atoms with Crippen LogP contribution in [-0.2, 0) is 26.0 Å². The van der Waals surface area contributed by atoms with E-state index < -0.39 is 15.8 Å². The summed E-state index contributed by atoms with van der Waals surface area (Å²) in [6.45, 7) is 3.98. The van der Waals surface area contributed by atoms with Crippen LogP contribution in [0.25, 0.3) is 0 Å². The molecule has 0 radical (unpaired) electrons. The topological polar surface area (TPSA) is 92.3 Å². The van der Waals surface area contributed by atoms with Gasteiger partial charge in [-0.25, -0.2) is 8.42 Å². The van der Waals surface area contributed by atoms with Gasteiger partial charge in [-0.1, -0.05) is 26.0 Å². The predicted octanol–water partition coefficient (Wildman–Crippen LogP) is 1.33. The summed E-state index contributed by atoms with van der Waals surface area (Å²) in [5.74, 6) is -0.757. The molecule has 1 saturated heterocycles. The van der Waals surface area contributed by atoms with Crippen LogP contribution in [0.1, 0.15) is 25.8 Å². The van der Waals surface area contributed by atoms with Crippen LogP contribution >= 0.6 is 0 Å². The highest BCUT2D eigenvalue weighted by Crippen LogP contribution is 2.18. The van der Waals surface area contributed by atoms with Gasteiger partial charge in [-0.05, 0) is 24.1 Å². The number of hydrogen-bond donors (Lipinski definition) is 2. The molecule has 0 aromatic heterocycles. The first kappa shape index (κ1) is 17.5. The van der Waals surface area contributed by atoms with Crippen molar-refractivity contribution in [2.75, 3.05) is 16.8 Å². The van der Waals surface area contributed by atoms with E-state index >= 15 is 0 Å². The minimum Gasteiger partial charge on any atom is -0.352 e. The molecule has 1 heterocycles. The second-order valence-corrected chi connectivity index (χ2v) is 8.39. The van der Waals surface area contributed by atoms with E-state index in [9.17, 15) is 18.0 Å². The number of rotatable bonds is 5. The molecule has 1 aromatic carbocycles. The van der Waals surface area contributed by atoms with Crippen LogP contribution < -0.4 is 10.6 Å². The molecule has 2 N–H and O–H groups in total. The van der Waals surface area contributed by atoms with Gasteiger partial charge >= 0.3 is 0 Å². The minimum absolute atomic E-state index is 0.0477. The van der Waals surface area contributed by atoms with Crippen LogP contribution in [0.2, 0.25) is 0 Å². The van der Waals surface area contributed by atoms with E-state index in [1.807, 2.05) is 26.0 Å². The number of amides is 2. The molecule has 1 fully saturated rings. The highest BCUT2D eigenvalue weighted by atomic mass is 32.2. The van der Waals surface area contributed by atoms with Crippen LogP contribution in [0.3, 0.4) is 0 Å².